The highest BCUT2D eigenvalue weighted by Gasteiger charge is 2.25. The van der Waals surface area contributed by atoms with Crippen LogP contribution in [0.3, 0.4) is 0 Å². The molecule has 1 aromatic carbocycles. The molecule has 0 aliphatic carbocycles. The number of amides is 1. The first kappa shape index (κ1) is 17.7. The molecule has 4 rings (SSSR count). The maximum absolute atomic E-state index is 13.9. The van der Waals surface area contributed by atoms with Crippen LogP contribution >= 0.6 is 11.6 Å². The van der Waals surface area contributed by atoms with E-state index in [4.69, 9.17) is 11.6 Å². The van der Waals surface area contributed by atoms with E-state index in [1.807, 2.05) is 17.5 Å². The van der Waals surface area contributed by atoms with Gasteiger partial charge < -0.3 is 9.80 Å². The number of fused-ring (bicyclic) bond motifs is 1. The van der Waals surface area contributed by atoms with Gasteiger partial charge >= 0.3 is 0 Å². The molecule has 9 heteroatoms. The normalized spacial score (nSPS) is 14.8. The highest BCUT2D eigenvalue weighted by molar-refractivity contribution is 6.31. The van der Waals surface area contributed by atoms with Crippen LogP contribution in [-0.4, -0.2) is 56.6 Å². The molecular weight excluding hydrogens is 371 g/mol. The Kier molecular flexibility index (Phi) is 4.65. The highest BCUT2D eigenvalue weighted by Crippen LogP contribution is 2.22. The van der Waals surface area contributed by atoms with Crippen molar-refractivity contribution in [2.24, 2.45) is 0 Å². The third-order valence-electron chi connectivity index (χ3n) is 4.80. The molecule has 1 fully saturated rings. The van der Waals surface area contributed by atoms with Gasteiger partial charge in [-0.2, -0.15) is 0 Å². The van der Waals surface area contributed by atoms with E-state index < -0.39 is 5.82 Å². The number of rotatable bonds is 3. The molecule has 1 aliphatic rings. The maximum atomic E-state index is 13.9. The molecule has 27 heavy (non-hydrogen) atoms. The molecule has 0 spiro atoms. The molecule has 140 valence electrons. The molecule has 1 saturated heterocycles. The zero-order chi connectivity index (χ0) is 19.0. The number of hydrogen-bond donors (Lipinski definition) is 0. The third kappa shape index (κ3) is 3.32. The molecule has 0 atom stereocenters. The van der Waals surface area contributed by atoms with Gasteiger partial charge in [0.15, 0.2) is 5.82 Å². The molecular formula is C18H18ClFN6O. The Hall–Kier alpha value is -2.74. The van der Waals surface area contributed by atoms with Gasteiger partial charge in [0, 0.05) is 49.2 Å². The minimum atomic E-state index is -0.451. The smallest absolute Gasteiger partial charge is 0.227 e. The topological polar surface area (TPSA) is 66.6 Å². The van der Waals surface area contributed by atoms with Crippen LogP contribution in [0.25, 0.3) is 5.65 Å². The van der Waals surface area contributed by atoms with Crippen LogP contribution in [0, 0.1) is 12.7 Å². The summed E-state index contributed by atoms with van der Waals surface area (Å²) in [7, 11) is 0. The molecule has 2 aromatic heterocycles. The van der Waals surface area contributed by atoms with E-state index >= 15 is 0 Å². The van der Waals surface area contributed by atoms with Gasteiger partial charge in [-0.05, 0) is 19.1 Å². The van der Waals surface area contributed by atoms with Crippen molar-refractivity contribution in [3.05, 3.63) is 52.8 Å². The Morgan fingerprint density at radius 1 is 1.22 bits per heavy atom. The van der Waals surface area contributed by atoms with Gasteiger partial charge in [-0.1, -0.05) is 17.7 Å². The van der Waals surface area contributed by atoms with Crippen molar-refractivity contribution >= 4 is 29.0 Å². The highest BCUT2D eigenvalue weighted by atomic mass is 35.5. The summed E-state index contributed by atoms with van der Waals surface area (Å²) in [6, 6.07) is 4.45. The average molecular weight is 389 g/mol. The van der Waals surface area contributed by atoms with Crippen molar-refractivity contribution in [3.8, 4) is 0 Å². The van der Waals surface area contributed by atoms with Crippen molar-refractivity contribution in [2.45, 2.75) is 13.3 Å². The summed E-state index contributed by atoms with van der Waals surface area (Å²) in [5.41, 5.74) is 0.949. The number of benzene rings is 1. The number of halogens is 2. The zero-order valence-electron chi connectivity index (χ0n) is 14.8. The number of carbonyl (C=O) groups excluding carboxylic acids is 1. The molecule has 0 radical (unpaired) electrons. The van der Waals surface area contributed by atoms with Gasteiger partial charge in [-0.15, -0.1) is 10.2 Å². The molecule has 3 heterocycles. The predicted molar refractivity (Wildman–Crippen MR) is 99.4 cm³/mol. The lowest BCUT2D eigenvalue weighted by Gasteiger charge is -2.35. The summed E-state index contributed by atoms with van der Waals surface area (Å²) < 4.78 is 15.8. The lowest BCUT2D eigenvalue weighted by molar-refractivity contribution is -0.130. The number of aryl methyl sites for hydroxylation is 1. The Morgan fingerprint density at radius 2 is 2.00 bits per heavy atom. The molecule has 0 bridgehead atoms. The lowest BCUT2D eigenvalue weighted by atomic mass is 10.1. The Labute approximate surface area is 160 Å². The SMILES string of the molecule is Cc1nnc2c(N3CCN(C(=O)Cc4c(F)cccc4Cl)CC3)nccn12. The van der Waals surface area contributed by atoms with Gasteiger partial charge in [0.05, 0.1) is 6.42 Å². The monoisotopic (exact) mass is 388 g/mol. The number of carbonyl (C=O) groups is 1. The fraction of sp³-hybridized carbons (Fsp3) is 0.333. The molecule has 1 amide bonds. The lowest BCUT2D eigenvalue weighted by Crippen LogP contribution is -2.49. The standard InChI is InChI=1S/C18H18ClFN6O/c1-12-22-23-18-17(21-5-6-26(12)18)25-9-7-24(8-10-25)16(27)11-13-14(19)3-2-4-15(13)20/h2-6H,7-11H2,1H3. The molecule has 0 saturated carbocycles. The quantitative estimate of drug-likeness (QED) is 0.687. The van der Waals surface area contributed by atoms with Gasteiger partial charge in [0.1, 0.15) is 11.6 Å². The van der Waals surface area contributed by atoms with Gasteiger partial charge in [-0.25, -0.2) is 9.37 Å². The number of piperazine rings is 1. The second-order valence-electron chi connectivity index (χ2n) is 6.44. The van der Waals surface area contributed by atoms with Gasteiger partial charge in [0.25, 0.3) is 0 Å². The Morgan fingerprint density at radius 3 is 2.74 bits per heavy atom. The predicted octanol–water partition coefficient (Wildman–Crippen LogP) is 2.12. The van der Waals surface area contributed by atoms with Crippen molar-refractivity contribution < 1.29 is 9.18 Å². The fourth-order valence-corrected chi connectivity index (χ4v) is 3.51. The number of anilines is 1. The fourth-order valence-electron chi connectivity index (χ4n) is 3.28. The van der Waals surface area contributed by atoms with Crippen LogP contribution in [0.4, 0.5) is 10.2 Å². The molecule has 3 aromatic rings. The van der Waals surface area contributed by atoms with Crippen LogP contribution in [0.1, 0.15) is 11.4 Å². The van der Waals surface area contributed by atoms with Crippen molar-refractivity contribution in [3.63, 3.8) is 0 Å². The van der Waals surface area contributed by atoms with E-state index in [9.17, 15) is 9.18 Å². The van der Waals surface area contributed by atoms with E-state index in [1.54, 1.807) is 17.2 Å². The molecule has 0 unspecified atom stereocenters. The zero-order valence-corrected chi connectivity index (χ0v) is 15.5. The molecule has 7 nitrogen and oxygen atoms in total. The minimum Gasteiger partial charge on any atom is -0.350 e. The first-order valence-electron chi connectivity index (χ1n) is 8.66. The minimum absolute atomic E-state index is 0.0390. The van der Waals surface area contributed by atoms with E-state index in [1.165, 1.54) is 12.1 Å². The van der Waals surface area contributed by atoms with Crippen molar-refractivity contribution in [2.75, 3.05) is 31.1 Å². The molecule has 1 aliphatic heterocycles. The molecule has 0 N–H and O–H groups in total. The number of hydrogen-bond acceptors (Lipinski definition) is 5. The van der Waals surface area contributed by atoms with Gasteiger partial charge in [-0.3, -0.25) is 9.20 Å². The van der Waals surface area contributed by atoms with Crippen LogP contribution in [0.2, 0.25) is 5.02 Å². The third-order valence-corrected chi connectivity index (χ3v) is 5.15. The first-order chi connectivity index (χ1) is 13.0. The van der Waals surface area contributed by atoms with Crippen LogP contribution in [0.5, 0.6) is 0 Å². The summed E-state index contributed by atoms with van der Waals surface area (Å²) in [6.45, 7) is 4.18. The maximum Gasteiger partial charge on any atom is 0.227 e. The van der Waals surface area contributed by atoms with Crippen LogP contribution in [0.15, 0.2) is 30.6 Å². The Balaban J connectivity index is 1.45. The largest absolute Gasteiger partial charge is 0.350 e. The van der Waals surface area contributed by atoms with E-state index in [0.717, 1.165) is 11.6 Å². The number of aromatic nitrogens is 4. The second kappa shape index (κ2) is 7.11. The summed E-state index contributed by atoms with van der Waals surface area (Å²) in [5, 5.41) is 8.56. The van der Waals surface area contributed by atoms with E-state index in [-0.39, 0.29) is 22.9 Å². The van der Waals surface area contributed by atoms with Crippen LogP contribution < -0.4 is 4.90 Å². The van der Waals surface area contributed by atoms with Crippen molar-refractivity contribution in [1.82, 2.24) is 24.5 Å². The van der Waals surface area contributed by atoms with Gasteiger partial charge in [0.2, 0.25) is 11.6 Å². The first-order valence-corrected chi connectivity index (χ1v) is 9.04. The number of nitrogens with zero attached hydrogens (tertiary/aromatic N) is 6. The Bertz CT molecular complexity index is 978. The van der Waals surface area contributed by atoms with Crippen LogP contribution in [-0.2, 0) is 11.2 Å². The average Bonchev–Trinajstić information content (AvgIpc) is 3.06. The summed E-state index contributed by atoms with van der Waals surface area (Å²) in [4.78, 5) is 20.8. The van der Waals surface area contributed by atoms with Crippen molar-refractivity contribution in [1.29, 1.82) is 0 Å². The van der Waals surface area contributed by atoms with E-state index in [2.05, 4.69) is 20.1 Å². The summed E-state index contributed by atoms with van der Waals surface area (Å²) in [5.74, 6) is 0.963. The van der Waals surface area contributed by atoms with E-state index in [0.29, 0.717) is 31.8 Å². The summed E-state index contributed by atoms with van der Waals surface area (Å²) >= 11 is 6.03. The second-order valence-corrected chi connectivity index (χ2v) is 6.84. The summed E-state index contributed by atoms with van der Waals surface area (Å²) in [6.07, 6.45) is 3.51.